The van der Waals surface area contributed by atoms with Gasteiger partial charge in [-0.1, -0.05) is 36.4 Å². The molecule has 0 unspecified atom stereocenters. The molecule has 2 aromatic rings. The molecule has 0 aromatic heterocycles. The van der Waals surface area contributed by atoms with Crippen LogP contribution in [0.5, 0.6) is 0 Å². The average Bonchev–Trinajstić information content (AvgIpc) is 2.88. The molecule has 2 N–H and O–H groups in total. The summed E-state index contributed by atoms with van der Waals surface area (Å²) in [5.74, 6) is -0.282. The highest BCUT2D eigenvalue weighted by atomic mass is 16.5. The van der Waals surface area contributed by atoms with E-state index in [4.69, 9.17) is 9.84 Å². The molecule has 1 aliphatic rings. The van der Waals surface area contributed by atoms with E-state index in [1.807, 2.05) is 18.2 Å². The van der Waals surface area contributed by atoms with Gasteiger partial charge in [0, 0.05) is 28.8 Å². The Bertz CT molecular complexity index is 754. The topological polar surface area (TPSA) is 75.6 Å². The molecule has 5 nitrogen and oxygen atoms in total. The van der Waals surface area contributed by atoms with Gasteiger partial charge in [-0.2, -0.15) is 0 Å². The highest BCUT2D eigenvalue weighted by Gasteiger charge is 2.29. The van der Waals surface area contributed by atoms with E-state index in [9.17, 15) is 9.59 Å². The number of rotatable bonds is 6. The van der Waals surface area contributed by atoms with E-state index >= 15 is 0 Å². The number of fused-ring (bicyclic) bond motifs is 3. The molecule has 1 amide bonds. The molecular formula is C18H17NO4. The number of amides is 1. The molecule has 0 aliphatic heterocycles. The Morgan fingerprint density at radius 1 is 1.00 bits per heavy atom. The second-order valence-electron chi connectivity index (χ2n) is 5.19. The van der Waals surface area contributed by atoms with Crippen LogP contribution in [0.2, 0.25) is 0 Å². The van der Waals surface area contributed by atoms with Gasteiger partial charge in [0.05, 0.1) is 19.8 Å². The van der Waals surface area contributed by atoms with Crippen molar-refractivity contribution in [1.82, 2.24) is 5.32 Å². The van der Waals surface area contributed by atoms with Crippen LogP contribution in [-0.4, -0.2) is 43.2 Å². The number of benzene rings is 2. The molecule has 0 heterocycles. The molecule has 0 saturated heterocycles. The average molecular weight is 311 g/mol. The summed E-state index contributed by atoms with van der Waals surface area (Å²) in [4.78, 5) is 24.8. The van der Waals surface area contributed by atoms with E-state index in [0.717, 1.165) is 5.56 Å². The Balaban J connectivity index is 1.84. The first-order chi connectivity index (χ1) is 11.2. The summed E-state index contributed by atoms with van der Waals surface area (Å²) in [5, 5.41) is 11.4. The SMILES string of the molecule is O=C(NCCOCCO)c1cccc2c1-c1ccccc1C2=O. The standard InChI is InChI=1S/C18H17NO4/c20-9-11-23-10-8-19-18(22)15-7-3-6-14-16(15)12-4-1-2-5-13(12)17(14)21/h1-7,20H,8-11H2,(H,19,22). The number of aliphatic hydroxyl groups is 1. The van der Waals surface area contributed by atoms with Crippen molar-refractivity contribution >= 4 is 11.7 Å². The van der Waals surface area contributed by atoms with Gasteiger partial charge in [0.15, 0.2) is 5.78 Å². The number of aliphatic hydroxyl groups excluding tert-OH is 1. The fraction of sp³-hybridized carbons (Fsp3) is 0.222. The third-order valence-corrected chi connectivity index (χ3v) is 3.76. The molecule has 2 aromatic carbocycles. The van der Waals surface area contributed by atoms with Crippen LogP contribution in [0.1, 0.15) is 26.3 Å². The lowest BCUT2D eigenvalue weighted by Crippen LogP contribution is -2.28. The predicted octanol–water partition coefficient (Wildman–Crippen LogP) is 1.64. The zero-order chi connectivity index (χ0) is 16.2. The second kappa shape index (κ2) is 6.73. The zero-order valence-electron chi connectivity index (χ0n) is 12.5. The predicted molar refractivity (Wildman–Crippen MR) is 85.5 cm³/mol. The third kappa shape index (κ3) is 2.88. The van der Waals surface area contributed by atoms with E-state index in [1.165, 1.54) is 0 Å². The summed E-state index contributed by atoms with van der Waals surface area (Å²) in [5.41, 5.74) is 3.18. The van der Waals surface area contributed by atoms with Crippen LogP contribution in [0.25, 0.3) is 11.1 Å². The molecule has 1 aliphatic carbocycles. The largest absolute Gasteiger partial charge is 0.394 e. The number of ether oxygens (including phenoxy) is 1. The Hall–Kier alpha value is -2.50. The first-order valence-electron chi connectivity index (χ1n) is 7.48. The van der Waals surface area contributed by atoms with Crippen molar-refractivity contribution in [3.8, 4) is 11.1 Å². The Labute approximate surface area is 133 Å². The number of hydrogen-bond acceptors (Lipinski definition) is 4. The minimum absolute atomic E-state index is 0.0426. The minimum Gasteiger partial charge on any atom is -0.394 e. The van der Waals surface area contributed by atoms with Gasteiger partial charge in [0.2, 0.25) is 0 Å². The number of nitrogens with one attached hydrogen (secondary N) is 1. The highest BCUT2D eigenvalue weighted by Crippen LogP contribution is 2.38. The summed E-state index contributed by atoms with van der Waals surface area (Å²) in [6.45, 7) is 0.881. The van der Waals surface area contributed by atoms with Crippen LogP contribution in [0.4, 0.5) is 0 Å². The Kier molecular flexibility index (Phi) is 4.50. The molecule has 3 rings (SSSR count). The van der Waals surface area contributed by atoms with E-state index in [-0.39, 0.29) is 24.9 Å². The molecule has 5 heteroatoms. The smallest absolute Gasteiger partial charge is 0.252 e. The van der Waals surface area contributed by atoms with Crippen molar-refractivity contribution in [2.24, 2.45) is 0 Å². The molecule has 118 valence electrons. The number of carbonyl (C=O) groups excluding carboxylic acids is 2. The maximum atomic E-state index is 12.4. The van der Waals surface area contributed by atoms with Gasteiger partial charge in [0.25, 0.3) is 5.91 Å². The maximum absolute atomic E-state index is 12.4. The fourth-order valence-corrected chi connectivity index (χ4v) is 2.76. The lowest BCUT2D eigenvalue weighted by molar-refractivity contribution is 0.0838. The van der Waals surface area contributed by atoms with Crippen LogP contribution >= 0.6 is 0 Å². The van der Waals surface area contributed by atoms with Gasteiger partial charge in [-0.15, -0.1) is 0 Å². The van der Waals surface area contributed by atoms with Gasteiger partial charge >= 0.3 is 0 Å². The lowest BCUT2D eigenvalue weighted by atomic mass is 9.99. The summed E-state index contributed by atoms with van der Waals surface area (Å²) < 4.78 is 5.12. The van der Waals surface area contributed by atoms with E-state index < -0.39 is 0 Å². The summed E-state index contributed by atoms with van der Waals surface area (Å²) in [6, 6.07) is 12.5. The first kappa shape index (κ1) is 15.4. The van der Waals surface area contributed by atoms with E-state index in [0.29, 0.717) is 35.4 Å². The van der Waals surface area contributed by atoms with Gasteiger partial charge in [-0.3, -0.25) is 9.59 Å². The summed E-state index contributed by atoms with van der Waals surface area (Å²) >= 11 is 0. The number of hydrogen-bond donors (Lipinski definition) is 2. The maximum Gasteiger partial charge on any atom is 0.252 e. The molecular weight excluding hydrogens is 294 g/mol. The summed E-state index contributed by atoms with van der Waals surface area (Å²) in [7, 11) is 0. The van der Waals surface area contributed by atoms with Crippen LogP contribution in [0, 0.1) is 0 Å². The minimum atomic E-state index is -0.237. The van der Waals surface area contributed by atoms with Crippen molar-refractivity contribution in [3.05, 3.63) is 59.2 Å². The van der Waals surface area contributed by atoms with Crippen molar-refractivity contribution < 1.29 is 19.4 Å². The van der Waals surface area contributed by atoms with Crippen LogP contribution < -0.4 is 5.32 Å². The Morgan fingerprint density at radius 3 is 2.52 bits per heavy atom. The third-order valence-electron chi connectivity index (χ3n) is 3.76. The van der Waals surface area contributed by atoms with Crippen molar-refractivity contribution in [2.45, 2.75) is 0 Å². The van der Waals surface area contributed by atoms with Crippen LogP contribution in [0.15, 0.2) is 42.5 Å². The Morgan fingerprint density at radius 2 is 1.74 bits per heavy atom. The van der Waals surface area contributed by atoms with Gasteiger partial charge < -0.3 is 15.2 Å². The lowest BCUT2D eigenvalue weighted by Gasteiger charge is -2.10. The van der Waals surface area contributed by atoms with Crippen molar-refractivity contribution in [2.75, 3.05) is 26.4 Å². The normalized spacial score (nSPS) is 12.0. The van der Waals surface area contributed by atoms with Gasteiger partial charge in [-0.05, 0) is 11.6 Å². The molecule has 0 atom stereocenters. The van der Waals surface area contributed by atoms with Crippen LogP contribution in [-0.2, 0) is 4.74 Å². The molecule has 0 spiro atoms. The molecule has 0 radical (unpaired) electrons. The highest BCUT2D eigenvalue weighted by molar-refractivity contribution is 6.24. The van der Waals surface area contributed by atoms with Gasteiger partial charge in [0.1, 0.15) is 0 Å². The molecule has 0 bridgehead atoms. The van der Waals surface area contributed by atoms with Crippen molar-refractivity contribution in [1.29, 1.82) is 0 Å². The monoisotopic (exact) mass is 311 g/mol. The second-order valence-corrected chi connectivity index (χ2v) is 5.19. The van der Waals surface area contributed by atoms with E-state index in [1.54, 1.807) is 24.3 Å². The first-order valence-corrected chi connectivity index (χ1v) is 7.48. The van der Waals surface area contributed by atoms with Crippen LogP contribution in [0.3, 0.4) is 0 Å². The number of carbonyl (C=O) groups is 2. The van der Waals surface area contributed by atoms with E-state index in [2.05, 4.69) is 5.32 Å². The molecule has 0 fully saturated rings. The quantitative estimate of drug-likeness (QED) is 0.679. The zero-order valence-corrected chi connectivity index (χ0v) is 12.5. The molecule has 0 saturated carbocycles. The fourth-order valence-electron chi connectivity index (χ4n) is 2.76. The van der Waals surface area contributed by atoms with Gasteiger partial charge in [-0.25, -0.2) is 0 Å². The van der Waals surface area contributed by atoms with Crippen molar-refractivity contribution in [3.63, 3.8) is 0 Å². The molecule has 23 heavy (non-hydrogen) atoms. The number of ketones is 1. The summed E-state index contributed by atoms with van der Waals surface area (Å²) in [6.07, 6.45) is 0.